The van der Waals surface area contributed by atoms with Gasteiger partial charge in [0, 0.05) is 0 Å². The minimum atomic E-state index is -1.08. The first-order valence-corrected chi connectivity index (χ1v) is 15.6. The molecule has 0 heterocycles. The molecule has 0 bridgehead atoms. The average Bonchev–Trinajstić information content (AvgIpc) is 2.53. The van der Waals surface area contributed by atoms with Crippen LogP contribution in [0.3, 0.4) is 0 Å². The van der Waals surface area contributed by atoms with E-state index in [1.165, 1.54) is 77.0 Å². The molecule has 0 saturated carbocycles. The normalized spacial score (nSPS) is 13.3. The molecule has 0 aliphatic carbocycles. The summed E-state index contributed by atoms with van der Waals surface area (Å²) < 4.78 is 0. The van der Waals surface area contributed by atoms with Gasteiger partial charge in [-0.05, 0) is 0 Å². The zero-order valence-corrected chi connectivity index (χ0v) is 21.5. The molecule has 1 heteroatoms. The third-order valence-electron chi connectivity index (χ3n) is 6.08. The van der Waals surface area contributed by atoms with E-state index in [9.17, 15) is 0 Å². The van der Waals surface area contributed by atoms with Crippen molar-refractivity contribution in [1.82, 2.24) is 0 Å². The van der Waals surface area contributed by atoms with E-state index in [0.29, 0.717) is 0 Å². The van der Waals surface area contributed by atoms with Crippen molar-refractivity contribution in [2.45, 2.75) is 126 Å². The van der Waals surface area contributed by atoms with Gasteiger partial charge in [-0.3, -0.25) is 0 Å². The van der Waals surface area contributed by atoms with Crippen LogP contribution in [0.2, 0.25) is 0 Å². The van der Waals surface area contributed by atoms with Crippen molar-refractivity contribution in [3.63, 3.8) is 0 Å². The molecule has 27 heavy (non-hydrogen) atoms. The molecule has 0 spiro atoms. The van der Waals surface area contributed by atoms with Gasteiger partial charge < -0.3 is 0 Å². The van der Waals surface area contributed by atoms with Crippen LogP contribution in [-0.2, 0) is 0 Å². The molecule has 0 nitrogen and oxygen atoms in total. The van der Waals surface area contributed by atoms with Gasteiger partial charge in [0.15, 0.2) is 0 Å². The summed E-state index contributed by atoms with van der Waals surface area (Å²) in [6, 6.07) is 0. The van der Waals surface area contributed by atoms with Gasteiger partial charge in [0.1, 0.15) is 0 Å². The van der Waals surface area contributed by atoms with Gasteiger partial charge in [-0.25, -0.2) is 0 Å². The second-order valence-electron chi connectivity index (χ2n) is 10.9. The van der Waals surface area contributed by atoms with Crippen LogP contribution >= 0.6 is 7.26 Å². The molecular formula is C26H57P. The summed E-state index contributed by atoms with van der Waals surface area (Å²) in [7, 11) is -1.08. The van der Waals surface area contributed by atoms with E-state index in [4.69, 9.17) is 0 Å². The van der Waals surface area contributed by atoms with Gasteiger partial charge in [0.05, 0.1) is 0 Å². The maximum absolute atomic E-state index is 2.46. The molecule has 166 valence electrons. The summed E-state index contributed by atoms with van der Waals surface area (Å²) in [5.41, 5.74) is 0. The summed E-state index contributed by atoms with van der Waals surface area (Å²) in [5, 5.41) is 0. The van der Waals surface area contributed by atoms with Crippen molar-refractivity contribution >= 4 is 7.26 Å². The Bertz CT molecular complexity index is 279. The zero-order chi connectivity index (χ0) is 20.5. The SMILES string of the molecule is CCCCCCCCCCCCCC[PH](CC(C)C)(CC(C)C)CC(C)C. The van der Waals surface area contributed by atoms with Crippen LogP contribution in [-0.4, -0.2) is 24.6 Å². The fourth-order valence-corrected chi connectivity index (χ4v) is 12.8. The Kier molecular flexibility index (Phi) is 17.6. The molecule has 0 aromatic rings. The van der Waals surface area contributed by atoms with Gasteiger partial charge in [-0.1, -0.05) is 13.3 Å². The van der Waals surface area contributed by atoms with E-state index in [1.807, 2.05) is 0 Å². The Morgan fingerprint density at radius 3 is 1.04 bits per heavy atom. The second-order valence-corrected chi connectivity index (χ2v) is 15.7. The number of unbranched alkanes of at least 4 members (excludes halogenated alkanes) is 11. The van der Waals surface area contributed by atoms with Crippen molar-refractivity contribution in [2.75, 3.05) is 24.6 Å². The fraction of sp³-hybridized carbons (Fsp3) is 1.00. The van der Waals surface area contributed by atoms with Crippen molar-refractivity contribution in [3.05, 3.63) is 0 Å². The number of hydrogen-bond donors (Lipinski definition) is 0. The van der Waals surface area contributed by atoms with E-state index < -0.39 is 7.26 Å². The summed E-state index contributed by atoms with van der Waals surface area (Å²) in [6.07, 6.45) is 24.0. The molecule has 0 aliphatic heterocycles. The summed E-state index contributed by atoms with van der Waals surface area (Å²) in [6.45, 7) is 17.1. The first kappa shape index (κ1) is 27.4. The van der Waals surface area contributed by atoms with Crippen LogP contribution in [0.15, 0.2) is 0 Å². The van der Waals surface area contributed by atoms with E-state index in [1.54, 1.807) is 24.6 Å². The van der Waals surface area contributed by atoms with E-state index >= 15 is 0 Å². The zero-order valence-electron chi connectivity index (χ0n) is 20.5. The number of rotatable bonds is 19. The average molecular weight is 401 g/mol. The topological polar surface area (TPSA) is 0 Å². The Labute approximate surface area is 175 Å². The molecule has 0 rings (SSSR count). The molecule has 0 N–H and O–H groups in total. The van der Waals surface area contributed by atoms with Gasteiger partial charge in [0.25, 0.3) is 0 Å². The molecule has 0 fully saturated rings. The van der Waals surface area contributed by atoms with E-state index in [0.717, 1.165) is 17.8 Å². The summed E-state index contributed by atoms with van der Waals surface area (Å²) in [4.78, 5) is 0. The molecular weight excluding hydrogens is 343 g/mol. The van der Waals surface area contributed by atoms with Crippen molar-refractivity contribution in [3.8, 4) is 0 Å². The number of hydrogen-bond acceptors (Lipinski definition) is 0. The second kappa shape index (κ2) is 17.3. The monoisotopic (exact) mass is 400 g/mol. The first-order valence-electron chi connectivity index (χ1n) is 12.8. The Hall–Kier alpha value is 0.430. The Balaban J connectivity index is 4.01. The molecule has 0 aliphatic rings. The third-order valence-corrected chi connectivity index (χ3v) is 12.5. The van der Waals surface area contributed by atoms with E-state index in [2.05, 4.69) is 48.5 Å². The van der Waals surface area contributed by atoms with Crippen molar-refractivity contribution in [2.24, 2.45) is 17.8 Å². The van der Waals surface area contributed by atoms with Crippen LogP contribution in [0.25, 0.3) is 0 Å². The van der Waals surface area contributed by atoms with Crippen LogP contribution in [0, 0.1) is 17.8 Å². The Morgan fingerprint density at radius 2 is 0.741 bits per heavy atom. The molecule has 0 amide bonds. The summed E-state index contributed by atoms with van der Waals surface area (Å²) >= 11 is 0. The van der Waals surface area contributed by atoms with Crippen LogP contribution in [0.5, 0.6) is 0 Å². The molecule has 0 aromatic heterocycles. The van der Waals surface area contributed by atoms with E-state index in [-0.39, 0.29) is 0 Å². The maximum atomic E-state index is 2.46. The third kappa shape index (κ3) is 17.0. The fourth-order valence-electron chi connectivity index (χ4n) is 5.50. The van der Waals surface area contributed by atoms with Crippen molar-refractivity contribution < 1.29 is 0 Å². The van der Waals surface area contributed by atoms with Gasteiger partial charge in [-0.15, -0.1) is 0 Å². The predicted octanol–water partition coefficient (Wildman–Crippen LogP) is 9.41. The first-order chi connectivity index (χ1) is 12.8. The van der Waals surface area contributed by atoms with Crippen LogP contribution in [0.1, 0.15) is 126 Å². The molecule has 0 atom stereocenters. The Morgan fingerprint density at radius 1 is 0.444 bits per heavy atom. The van der Waals surface area contributed by atoms with Crippen LogP contribution < -0.4 is 0 Å². The minimum absolute atomic E-state index is 0.895. The molecule has 0 aromatic carbocycles. The quantitative estimate of drug-likeness (QED) is 0.150. The van der Waals surface area contributed by atoms with Gasteiger partial charge in [0.2, 0.25) is 0 Å². The van der Waals surface area contributed by atoms with Crippen molar-refractivity contribution in [1.29, 1.82) is 0 Å². The van der Waals surface area contributed by atoms with Gasteiger partial charge >= 0.3 is 162 Å². The predicted molar refractivity (Wildman–Crippen MR) is 133 cm³/mol. The molecule has 0 saturated heterocycles. The standard InChI is InChI=1S/C26H57P/c1-8-9-10-11-12-13-14-15-16-17-18-19-20-27(21-24(2)3,22-25(4)5)23-26(6)7/h24-27H,8-23H2,1-7H3. The molecule has 0 unspecified atom stereocenters. The summed E-state index contributed by atoms with van der Waals surface area (Å²) in [5.74, 6) is 2.68. The molecule has 0 radical (unpaired) electrons. The van der Waals surface area contributed by atoms with Gasteiger partial charge in [-0.2, -0.15) is 0 Å². The van der Waals surface area contributed by atoms with Crippen LogP contribution in [0.4, 0.5) is 0 Å².